The number of hydrogen-bond acceptors (Lipinski definition) is 7. The SMILES string of the molecule is COc1ccc(NC(=O)[C@@H](C)Sc2nnc(COc3ccc(C)cc3OC)n2C)cc1. The van der Waals surface area contributed by atoms with E-state index >= 15 is 0 Å². The maximum absolute atomic E-state index is 12.5. The lowest BCUT2D eigenvalue weighted by atomic mass is 10.2. The molecule has 0 bridgehead atoms. The van der Waals surface area contributed by atoms with E-state index in [1.54, 1.807) is 38.5 Å². The molecule has 1 amide bonds. The third-order valence-electron chi connectivity index (χ3n) is 4.61. The van der Waals surface area contributed by atoms with Crippen LogP contribution in [0, 0.1) is 6.92 Å². The Labute approximate surface area is 185 Å². The largest absolute Gasteiger partial charge is 0.497 e. The fraction of sp³-hybridized carbons (Fsp3) is 0.318. The molecular formula is C22H26N4O4S. The van der Waals surface area contributed by atoms with Gasteiger partial charge in [0.15, 0.2) is 22.5 Å². The zero-order chi connectivity index (χ0) is 22.4. The minimum Gasteiger partial charge on any atom is -0.497 e. The van der Waals surface area contributed by atoms with Crippen molar-refractivity contribution in [2.45, 2.75) is 30.9 Å². The van der Waals surface area contributed by atoms with Crippen LogP contribution in [0.15, 0.2) is 47.6 Å². The van der Waals surface area contributed by atoms with Crippen LogP contribution in [0.4, 0.5) is 5.69 Å². The van der Waals surface area contributed by atoms with Gasteiger partial charge in [0, 0.05) is 12.7 Å². The van der Waals surface area contributed by atoms with Gasteiger partial charge in [0.2, 0.25) is 5.91 Å². The maximum Gasteiger partial charge on any atom is 0.237 e. The lowest BCUT2D eigenvalue weighted by molar-refractivity contribution is -0.115. The molecule has 0 radical (unpaired) electrons. The fourth-order valence-corrected chi connectivity index (χ4v) is 3.57. The molecular weight excluding hydrogens is 416 g/mol. The summed E-state index contributed by atoms with van der Waals surface area (Å²) >= 11 is 1.33. The van der Waals surface area contributed by atoms with E-state index in [0.29, 0.717) is 28.2 Å². The van der Waals surface area contributed by atoms with E-state index in [4.69, 9.17) is 14.2 Å². The number of carbonyl (C=O) groups excluding carboxylic acids is 1. The summed E-state index contributed by atoms with van der Waals surface area (Å²) in [7, 11) is 5.06. The number of aromatic nitrogens is 3. The lowest BCUT2D eigenvalue weighted by Gasteiger charge is -2.13. The Kier molecular flexibility index (Phi) is 7.41. The predicted octanol–water partition coefficient (Wildman–Crippen LogP) is 3.84. The molecule has 31 heavy (non-hydrogen) atoms. The Bertz CT molecular complexity index is 1040. The van der Waals surface area contributed by atoms with Gasteiger partial charge in [0.1, 0.15) is 12.4 Å². The zero-order valence-corrected chi connectivity index (χ0v) is 19.0. The van der Waals surface area contributed by atoms with E-state index < -0.39 is 0 Å². The summed E-state index contributed by atoms with van der Waals surface area (Å²) in [5.74, 6) is 2.56. The van der Waals surface area contributed by atoms with Gasteiger partial charge in [-0.25, -0.2) is 0 Å². The van der Waals surface area contributed by atoms with Gasteiger partial charge in [0.25, 0.3) is 0 Å². The first kappa shape index (κ1) is 22.5. The van der Waals surface area contributed by atoms with Gasteiger partial charge in [0.05, 0.1) is 19.5 Å². The smallest absolute Gasteiger partial charge is 0.237 e. The second kappa shape index (κ2) is 10.2. The number of carbonyl (C=O) groups is 1. The summed E-state index contributed by atoms with van der Waals surface area (Å²) in [6.45, 7) is 4.05. The monoisotopic (exact) mass is 442 g/mol. The standard InChI is InChI=1S/C22H26N4O4S/c1-14-6-11-18(19(12-14)29-5)30-13-20-24-25-22(26(20)3)31-15(2)21(27)23-16-7-9-17(28-4)10-8-16/h6-12,15H,13H2,1-5H3,(H,23,27)/t15-/m1/s1. The number of ether oxygens (including phenoxy) is 3. The molecule has 9 heteroatoms. The maximum atomic E-state index is 12.5. The molecule has 0 saturated heterocycles. The van der Waals surface area contributed by atoms with Crippen molar-refractivity contribution >= 4 is 23.4 Å². The Morgan fingerprint density at radius 1 is 1.10 bits per heavy atom. The van der Waals surface area contributed by atoms with Crippen LogP contribution in [0.1, 0.15) is 18.3 Å². The van der Waals surface area contributed by atoms with Crippen LogP contribution in [0.5, 0.6) is 17.2 Å². The van der Waals surface area contributed by atoms with Crippen molar-refractivity contribution in [3.63, 3.8) is 0 Å². The van der Waals surface area contributed by atoms with Crippen LogP contribution in [0.25, 0.3) is 0 Å². The van der Waals surface area contributed by atoms with Crippen LogP contribution in [-0.2, 0) is 18.4 Å². The number of nitrogens with one attached hydrogen (secondary N) is 1. The third kappa shape index (κ3) is 5.69. The average Bonchev–Trinajstić information content (AvgIpc) is 3.12. The highest BCUT2D eigenvalue weighted by Crippen LogP contribution is 2.29. The van der Waals surface area contributed by atoms with E-state index in [2.05, 4.69) is 15.5 Å². The van der Waals surface area contributed by atoms with E-state index in [9.17, 15) is 4.79 Å². The quantitative estimate of drug-likeness (QED) is 0.504. The van der Waals surface area contributed by atoms with Gasteiger partial charge in [-0.2, -0.15) is 0 Å². The van der Waals surface area contributed by atoms with Crippen LogP contribution < -0.4 is 19.5 Å². The number of benzene rings is 2. The van der Waals surface area contributed by atoms with E-state index in [-0.39, 0.29) is 17.8 Å². The topological polar surface area (TPSA) is 87.5 Å². The summed E-state index contributed by atoms with van der Waals surface area (Å²) in [5.41, 5.74) is 1.79. The molecule has 3 aromatic rings. The van der Waals surface area contributed by atoms with Gasteiger partial charge in [-0.3, -0.25) is 4.79 Å². The van der Waals surface area contributed by atoms with E-state index in [1.807, 2.05) is 43.7 Å². The second-order valence-electron chi connectivity index (χ2n) is 6.88. The Morgan fingerprint density at radius 2 is 1.84 bits per heavy atom. The van der Waals surface area contributed by atoms with Crippen molar-refractivity contribution in [3.8, 4) is 17.2 Å². The molecule has 0 aliphatic rings. The first-order valence-electron chi connectivity index (χ1n) is 9.68. The van der Waals surface area contributed by atoms with Crippen molar-refractivity contribution in [1.82, 2.24) is 14.8 Å². The minimum absolute atomic E-state index is 0.125. The summed E-state index contributed by atoms with van der Waals surface area (Å²) in [5, 5.41) is 11.6. The highest BCUT2D eigenvalue weighted by molar-refractivity contribution is 8.00. The van der Waals surface area contributed by atoms with E-state index in [1.165, 1.54) is 11.8 Å². The number of hydrogen-bond donors (Lipinski definition) is 1. The van der Waals surface area contributed by atoms with Crippen molar-refractivity contribution in [2.75, 3.05) is 19.5 Å². The second-order valence-corrected chi connectivity index (χ2v) is 8.19. The molecule has 0 aliphatic heterocycles. The van der Waals surface area contributed by atoms with Crippen molar-refractivity contribution in [1.29, 1.82) is 0 Å². The number of nitrogens with zero attached hydrogens (tertiary/aromatic N) is 3. The molecule has 0 unspecified atom stereocenters. The molecule has 1 N–H and O–H groups in total. The van der Waals surface area contributed by atoms with Gasteiger partial charge >= 0.3 is 0 Å². The molecule has 164 valence electrons. The molecule has 1 aromatic heterocycles. The van der Waals surface area contributed by atoms with Crippen LogP contribution in [0.2, 0.25) is 0 Å². The molecule has 0 saturated carbocycles. The minimum atomic E-state index is -0.365. The average molecular weight is 443 g/mol. The van der Waals surface area contributed by atoms with Gasteiger partial charge in [-0.05, 0) is 55.8 Å². The zero-order valence-electron chi connectivity index (χ0n) is 18.2. The number of thioether (sulfide) groups is 1. The number of anilines is 1. The molecule has 1 heterocycles. The first-order valence-corrected chi connectivity index (χ1v) is 10.6. The molecule has 0 fully saturated rings. The van der Waals surface area contributed by atoms with Crippen molar-refractivity contribution in [3.05, 3.63) is 53.9 Å². The number of amides is 1. The van der Waals surface area contributed by atoms with Crippen LogP contribution in [0.3, 0.4) is 0 Å². The summed E-state index contributed by atoms with van der Waals surface area (Å²) in [4.78, 5) is 12.5. The van der Waals surface area contributed by atoms with Crippen molar-refractivity contribution in [2.24, 2.45) is 7.05 Å². The van der Waals surface area contributed by atoms with Crippen LogP contribution in [-0.4, -0.2) is 40.1 Å². The highest BCUT2D eigenvalue weighted by Gasteiger charge is 2.19. The third-order valence-corrected chi connectivity index (χ3v) is 5.74. The summed E-state index contributed by atoms with van der Waals surface area (Å²) < 4.78 is 18.2. The molecule has 0 aliphatic carbocycles. The van der Waals surface area contributed by atoms with E-state index in [0.717, 1.165) is 11.3 Å². The molecule has 0 spiro atoms. The molecule has 2 aromatic carbocycles. The molecule has 1 atom stereocenters. The Balaban J connectivity index is 1.59. The number of rotatable bonds is 9. The van der Waals surface area contributed by atoms with Crippen molar-refractivity contribution < 1.29 is 19.0 Å². The summed E-state index contributed by atoms with van der Waals surface area (Å²) in [6.07, 6.45) is 0. The molecule has 8 nitrogen and oxygen atoms in total. The number of aryl methyl sites for hydroxylation is 1. The number of methoxy groups -OCH3 is 2. The van der Waals surface area contributed by atoms with Gasteiger partial charge in [-0.1, -0.05) is 17.8 Å². The Hall–Kier alpha value is -3.20. The fourth-order valence-electron chi connectivity index (χ4n) is 2.74. The predicted molar refractivity (Wildman–Crippen MR) is 120 cm³/mol. The lowest BCUT2D eigenvalue weighted by Crippen LogP contribution is -2.22. The molecule has 3 rings (SSSR count). The Morgan fingerprint density at radius 3 is 2.52 bits per heavy atom. The van der Waals surface area contributed by atoms with Gasteiger partial charge < -0.3 is 24.1 Å². The van der Waals surface area contributed by atoms with Crippen LogP contribution >= 0.6 is 11.8 Å². The highest BCUT2D eigenvalue weighted by atomic mass is 32.2. The van der Waals surface area contributed by atoms with Gasteiger partial charge in [-0.15, -0.1) is 10.2 Å². The normalized spacial score (nSPS) is 11.6. The first-order chi connectivity index (χ1) is 14.9. The summed E-state index contributed by atoms with van der Waals surface area (Å²) in [6, 6.07) is 12.9.